The van der Waals surface area contributed by atoms with E-state index in [-0.39, 0.29) is 11.7 Å². The van der Waals surface area contributed by atoms with Gasteiger partial charge in [0.25, 0.3) is 0 Å². The van der Waals surface area contributed by atoms with Crippen LogP contribution in [0, 0.1) is 10.5 Å². The monoisotopic (exact) mass is 248 g/mol. The Balaban J connectivity index is 2.60. The van der Waals surface area contributed by atoms with Gasteiger partial charge in [-0.2, -0.15) is 0 Å². The minimum Gasteiger partial charge on any atom is -0.343 e. The lowest BCUT2D eigenvalue weighted by Crippen LogP contribution is -2.00. The van der Waals surface area contributed by atoms with E-state index in [1.165, 1.54) is 6.07 Å². The molecule has 1 heterocycles. The number of halogens is 1. The van der Waals surface area contributed by atoms with Gasteiger partial charge in [0.15, 0.2) is 0 Å². The molecule has 0 atom stereocenters. The highest BCUT2D eigenvalue weighted by Crippen LogP contribution is 2.21. The van der Waals surface area contributed by atoms with E-state index in [4.69, 9.17) is 12.2 Å². The smallest absolute Gasteiger partial charge is 0.132 e. The third-order valence-electron chi connectivity index (χ3n) is 2.47. The maximum Gasteiger partial charge on any atom is 0.132 e. The van der Waals surface area contributed by atoms with E-state index < -0.39 is 0 Å². The number of nitrogens with one attached hydrogen (secondary N) is 1. The molecule has 0 saturated heterocycles. The van der Waals surface area contributed by atoms with E-state index in [0.717, 1.165) is 5.82 Å². The summed E-state index contributed by atoms with van der Waals surface area (Å²) in [5.74, 6) is 0.734. The third kappa shape index (κ3) is 2.58. The minimum absolute atomic E-state index is 0.225. The largest absolute Gasteiger partial charge is 0.343 e. The van der Waals surface area contributed by atoms with Crippen molar-refractivity contribution in [3.63, 3.8) is 0 Å². The summed E-state index contributed by atoms with van der Waals surface area (Å²) < 4.78 is 14.1. The van der Waals surface area contributed by atoms with Crippen LogP contribution in [0.25, 0.3) is 11.3 Å². The summed E-state index contributed by atoms with van der Waals surface area (Å²) in [5.41, 5.74) is 1.19. The second-order valence-corrected chi connectivity index (χ2v) is 4.57. The molecular weight excluding hydrogens is 235 g/mol. The standard InChI is InChI=1S/C13H13FN2S/c1-8(2)13-15-11(7-12(17)16-13)9-5-3-4-6-10(9)14/h3-8H,1-2H3,(H,15,16,17). The summed E-state index contributed by atoms with van der Waals surface area (Å²) in [4.78, 5) is 7.35. The van der Waals surface area contributed by atoms with Crippen LogP contribution in [0.15, 0.2) is 30.3 Å². The number of aromatic amines is 1. The molecule has 2 nitrogen and oxygen atoms in total. The Morgan fingerprint density at radius 3 is 2.65 bits per heavy atom. The molecule has 0 radical (unpaired) electrons. The molecular formula is C13H13FN2S. The molecule has 2 aromatic rings. The first-order valence-electron chi connectivity index (χ1n) is 5.44. The average Bonchev–Trinajstić information content (AvgIpc) is 2.28. The third-order valence-corrected chi connectivity index (χ3v) is 2.68. The van der Waals surface area contributed by atoms with Crippen LogP contribution in [0.2, 0.25) is 0 Å². The molecule has 17 heavy (non-hydrogen) atoms. The predicted octanol–water partition coefficient (Wildman–Crippen LogP) is 4.07. The fraction of sp³-hybridized carbons (Fsp3) is 0.231. The van der Waals surface area contributed by atoms with Crippen molar-refractivity contribution in [2.24, 2.45) is 0 Å². The number of H-pyrrole nitrogens is 1. The van der Waals surface area contributed by atoms with Gasteiger partial charge in [0.1, 0.15) is 16.3 Å². The van der Waals surface area contributed by atoms with Gasteiger partial charge in [-0.15, -0.1) is 0 Å². The number of nitrogens with zero attached hydrogens (tertiary/aromatic N) is 1. The van der Waals surface area contributed by atoms with Gasteiger partial charge in [-0.1, -0.05) is 38.2 Å². The molecule has 4 heteroatoms. The molecule has 0 aliphatic carbocycles. The highest BCUT2D eigenvalue weighted by Gasteiger charge is 2.08. The fourth-order valence-electron chi connectivity index (χ4n) is 1.57. The first-order chi connectivity index (χ1) is 8.08. The first kappa shape index (κ1) is 11.9. The lowest BCUT2D eigenvalue weighted by Gasteiger charge is -2.09. The molecule has 0 saturated carbocycles. The van der Waals surface area contributed by atoms with Gasteiger partial charge in [0.2, 0.25) is 0 Å². The van der Waals surface area contributed by atoms with Crippen LogP contribution < -0.4 is 0 Å². The van der Waals surface area contributed by atoms with Crippen molar-refractivity contribution in [1.29, 1.82) is 0 Å². The van der Waals surface area contributed by atoms with Crippen molar-refractivity contribution in [3.05, 3.63) is 46.6 Å². The highest BCUT2D eigenvalue weighted by atomic mass is 32.1. The summed E-state index contributed by atoms with van der Waals surface area (Å²) in [6.07, 6.45) is 0. The minimum atomic E-state index is -0.265. The second kappa shape index (κ2) is 4.75. The Bertz CT molecular complexity index is 590. The SMILES string of the molecule is CC(C)c1nc(=S)cc(-c2ccccc2F)[nH]1. The summed E-state index contributed by atoms with van der Waals surface area (Å²) in [7, 11) is 0. The van der Waals surface area contributed by atoms with Crippen LogP contribution in [0.1, 0.15) is 25.6 Å². The maximum absolute atomic E-state index is 13.7. The first-order valence-corrected chi connectivity index (χ1v) is 5.85. The molecule has 0 spiro atoms. The number of benzene rings is 1. The molecule has 2 rings (SSSR count). The normalized spacial score (nSPS) is 10.8. The molecule has 1 aromatic heterocycles. The lowest BCUT2D eigenvalue weighted by molar-refractivity contribution is 0.630. The Labute approximate surface area is 105 Å². The summed E-state index contributed by atoms with van der Waals surface area (Å²) in [6.45, 7) is 4.03. The topological polar surface area (TPSA) is 28.7 Å². The molecule has 0 unspecified atom stereocenters. The van der Waals surface area contributed by atoms with Crippen LogP contribution in [0.4, 0.5) is 4.39 Å². The average molecular weight is 248 g/mol. The lowest BCUT2D eigenvalue weighted by atomic mass is 10.1. The van der Waals surface area contributed by atoms with E-state index in [2.05, 4.69) is 9.97 Å². The summed E-state index contributed by atoms with van der Waals surface area (Å²) >= 11 is 5.10. The van der Waals surface area contributed by atoms with Crippen molar-refractivity contribution < 1.29 is 4.39 Å². The van der Waals surface area contributed by atoms with Crippen molar-refractivity contribution in [1.82, 2.24) is 9.97 Å². The van der Waals surface area contributed by atoms with E-state index in [1.807, 2.05) is 13.8 Å². The van der Waals surface area contributed by atoms with Gasteiger partial charge in [-0.05, 0) is 18.2 Å². The van der Waals surface area contributed by atoms with Crippen LogP contribution in [-0.2, 0) is 0 Å². The molecule has 1 aromatic carbocycles. The molecule has 0 bridgehead atoms. The van der Waals surface area contributed by atoms with E-state index in [0.29, 0.717) is 15.9 Å². The summed E-state index contributed by atoms with van der Waals surface area (Å²) in [5, 5.41) is 0. The van der Waals surface area contributed by atoms with Crippen molar-refractivity contribution in [2.75, 3.05) is 0 Å². The van der Waals surface area contributed by atoms with Crippen LogP contribution in [0.3, 0.4) is 0 Å². The van der Waals surface area contributed by atoms with Crippen molar-refractivity contribution in [2.45, 2.75) is 19.8 Å². The number of hydrogen-bond donors (Lipinski definition) is 1. The molecule has 0 fully saturated rings. The predicted molar refractivity (Wildman–Crippen MR) is 68.9 cm³/mol. The Morgan fingerprint density at radius 1 is 1.29 bits per heavy atom. The van der Waals surface area contributed by atoms with Gasteiger partial charge < -0.3 is 4.98 Å². The van der Waals surface area contributed by atoms with Gasteiger partial charge in [-0.3, -0.25) is 0 Å². The van der Waals surface area contributed by atoms with Crippen molar-refractivity contribution in [3.8, 4) is 11.3 Å². The molecule has 88 valence electrons. The van der Waals surface area contributed by atoms with Crippen LogP contribution in [-0.4, -0.2) is 9.97 Å². The maximum atomic E-state index is 13.7. The van der Waals surface area contributed by atoms with Gasteiger partial charge in [-0.25, -0.2) is 9.37 Å². The van der Waals surface area contributed by atoms with E-state index in [9.17, 15) is 4.39 Å². The summed E-state index contributed by atoms with van der Waals surface area (Å²) in [6, 6.07) is 8.30. The fourth-order valence-corrected chi connectivity index (χ4v) is 1.79. The second-order valence-electron chi connectivity index (χ2n) is 4.15. The van der Waals surface area contributed by atoms with E-state index >= 15 is 0 Å². The number of rotatable bonds is 2. The van der Waals surface area contributed by atoms with Crippen LogP contribution in [0.5, 0.6) is 0 Å². The number of aromatic nitrogens is 2. The van der Waals surface area contributed by atoms with Gasteiger partial charge >= 0.3 is 0 Å². The van der Waals surface area contributed by atoms with E-state index in [1.54, 1.807) is 24.3 Å². The molecule has 0 amide bonds. The Morgan fingerprint density at radius 2 is 2.00 bits per heavy atom. The Kier molecular flexibility index (Phi) is 3.33. The molecule has 0 aliphatic heterocycles. The molecule has 0 aliphatic rings. The molecule has 1 N–H and O–H groups in total. The zero-order valence-electron chi connectivity index (χ0n) is 9.70. The zero-order valence-corrected chi connectivity index (χ0v) is 10.5. The Hall–Kier alpha value is -1.55. The van der Waals surface area contributed by atoms with Gasteiger partial charge in [0.05, 0.1) is 5.69 Å². The quantitative estimate of drug-likeness (QED) is 0.812. The van der Waals surface area contributed by atoms with Crippen molar-refractivity contribution >= 4 is 12.2 Å². The van der Waals surface area contributed by atoms with Gasteiger partial charge in [0, 0.05) is 11.5 Å². The number of hydrogen-bond acceptors (Lipinski definition) is 2. The highest BCUT2D eigenvalue weighted by molar-refractivity contribution is 7.71. The van der Waals surface area contributed by atoms with Crippen LogP contribution >= 0.6 is 12.2 Å². The zero-order chi connectivity index (χ0) is 12.4.